The maximum atomic E-state index is 5.67. The minimum Gasteiger partial charge on any atom is -0.378 e. The van der Waals surface area contributed by atoms with Crippen molar-refractivity contribution in [1.82, 2.24) is 5.32 Å². The van der Waals surface area contributed by atoms with Crippen LogP contribution in [0.4, 0.5) is 0 Å². The maximum absolute atomic E-state index is 5.67. The number of hydrogen-bond acceptors (Lipinski definition) is 2. The summed E-state index contributed by atoms with van der Waals surface area (Å²) < 4.78 is 5.67. The number of hydrogen-bond donors (Lipinski definition) is 1. The second-order valence-corrected chi connectivity index (χ2v) is 5.82. The van der Waals surface area contributed by atoms with Crippen LogP contribution >= 0.6 is 0 Å². The molecule has 1 heterocycles. The summed E-state index contributed by atoms with van der Waals surface area (Å²) >= 11 is 0. The first-order valence-electron chi connectivity index (χ1n) is 7.75. The Hall–Kier alpha value is -0.0800. The Morgan fingerprint density at radius 1 is 1.24 bits per heavy atom. The van der Waals surface area contributed by atoms with Gasteiger partial charge >= 0.3 is 0 Å². The highest BCUT2D eigenvalue weighted by Crippen LogP contribution is 2.34. The van der Waals surface area contributed by atoms with Gasteiger partial charge in [-0.3, -0.25) is 0 Å². The van der Waals surface area contributed by atoms with Crippen molar-refractivity contribution in [3.05, 3.63) is 0 Å². The molecule has 0 spiro atoms. The Labute approximate surface area is 107 Å². The molecular weight excluding hydrogens is 210 g/mol. The number of rotatable bonds is 9. The van der Waals surface area contributed by atoms with E-state index < -0.39 is 0 Å². The van der Waals surface area contributed by atoms with Gasteiger partial charge in [0.15, 0.2) is 0 Å². The Balaban J connectivity index is 1.52. The summed E-state index contributed by atoms with van der Waals surface area (Å²) in [5.74, 6) is 1.00. The Bertz CT molecular complexity index is 197. The maximum Gasteiger partial charge on any atom is 0.0576 e. The molecule has 1 saturated heterocycles. The summed E-state index contributed by atoms with van der Waals surface area (Å²) in [4.78, 5) is 0. The monoisotopic (exact) mass is 239 g/mol. The molecule has 0 aromatic carbocycles. The first kappa shape index (κ1) is 13.4. The van der Waals surface area contributed by atoms with Crippen LogP contribution in [0.1, 0.15) is 64.7 Å². The van der Waals surface area contributed by atoms with Crippen molar-refractivity contribution in [3.8, 4) is 0 Å². The first-order valence-corrected chi connectivity index (χ1v) is 7.75. The largest absolute Gasteiger partial charge is 0.378 e. The topological polar surface area (TPSA) is 21.3 Å². The van der Waals surface area contributed by atoms with Crippen molar-refractivity contribution in [2.75, 3.05) is 13.2 Å². The third-order valence-corrected chi connectivity index (χ3v) is 4.16. The molecule has 2 heteroatoms. The van der Waals surface area contributed by atoms with Gasteiger partial charge in [-0.25, -0.2) is 0 Å². The highest BCUT2D eigenvalue weighted by molar-refractivity contribution is 4.86. The van der Waals surface area contributed by atoms with Crippen molar-refractivity contribution in [2.24, 2.45) is 5.92 Å². The van der Waals surface area contributed by atoms with Gasteiger partial charge in [0, 0.05) is 12.6 Å². The van der Waals surface area contributed by atoms with Crippen molar-refractivity contribution in [1.29, 1.82) is 0 Å². The molecule has 1 saturated carbocycles. The average Bonchev–Trinajstić information content (AvgIpc) is 3.05. The van der Waals surface area contributed by atoms with Gasteiger partial charge in [0.2, 0.25) is 0 Å². The summed E-state index contributed by atoms with van der Waals surface area (Å²) in [6, 6.07) is 0.819. The molecule has 1 aliphatic heterocycles. The fourth-order valence-electron chi connectivity index (χ4n) is 2.94. The lowest BCUT2D eigenvalue weighted by atomic mass is 10.0. The number of ether oxygens (including phenoxy) is 1. The van der Waals surface area contributed by atoms with E-state index in [-0.39, 0.29) is 0 Å². The van der Waals surface area contributed by atoms with E-state index in [0.29, 0.717) is 6.10 Å². The molecule has 2 rings (SSSR count). The Morgan fingerprint density at radius 3 is 2.76 bits per heavy atom. The van der Waals surface area contributed by atoms with E-state index in [1.165, 1.54) is 64.3 Å². The minimum absolute atomic E-state index is 0.595. The average molecular weight is 239 g/mol. The van der Waals surface area contributed by atoms with Crippen molar-refractivity contribution in [2.45, 2.75) is 76.9 Å². The number of unbranched alkanes of at least 4 members (excludes halogenated alkanes) is 1. The Morgan fingerprint density at radius 2 is 2.12 bits per heavy atom. The molecule has 1 aliphatic carbocycles. The van der Waals surface area contributed by atoms with Gasteiger partial charge in [-0.2, -0.15) is 0 Å². The van der Waals surface area contributed by atoms with E-state index in [0.717, 1.165) is 18.6 Å². The lowest BCUT2D eigenvalue weighted by Gasteiger charge is -2.18. The molecule has 2 unspecified atom stereocenters. The van der Waals surface area contributed by atoms with E-state index in [1.807, 2.05) is 0 Å². The van der Waals surface area contributed by atoms with Gasteiger partial charge < -0.3 is 10.1 Å². The smallest absolute Gasteiger partial charge is 0.0576 e. The second kappa shape index (κ2) is 7.38. The Kier molecular flexibility index (Phi) is 5.79. The molecule has 2 aliphatic rings. The zero-order valence-electron chi connectivity index (χ0n) is 11.4. The lowest BCUT2D eigenvalue weighted by molar-refractivity contribution is 0.101. The van der Waals surface area contributed by atoms with Gasteiger partial charge in [-0.05, 0) is 57.4 Å². The van der Waals surface area contributed by atoms with Gasteiger partial charge in [-0.1, -0.05) is 19.8 Å². The van der Waals surface area contributed by atoms with Crippen LogP contribution in [0.5, 0.6) is 0 Å². The van der Waals surface area contributed by atoms with Crippen molar-refractivity contribution >= 4 is 0 Å². The molecule has 17 heavy (non-hydrogen) atoms. The van der Waals surface area contributed by atoms with Gasteiger partial charge in [0.05, 0.1) is 6.10 Å². The van der Waals surface area contributed by atoms with Gasteiger partial charge in [0.25, 0.3) is 0 Å². The third-order valence-electron chi connectivity index (χ3n) is 4.16. The fraction of sp³-hybridized carbons (Fsp3) is 1.00. The van der Waals surface area contributed by atoms with Crippen LogP contribution in [-0.4, -0.2) is 25.3 Å². The predicted octanol–water partition coefficient (Wildman–Crippen LogP) is 3.50. The van der Waals surface area contributed by atoms with Crippen molar-refractivity contribution < 1.29 is 4.74 Å². The van der Waals surface area contributed by atoms with Crippen LogP contribution < -0.4 is 5.32 Å². The number of nitrogens with one attached hydrogen (secondary N) is 1. The zero-order valence-corrected chi connectivity index (χ0v) is 11.4. The van der Waals surface area contributed by atoms with E-state index in [2.05, 4.69) is 12.2 Å². The summed E-state index contributed by atoms with van der Waals surface area (Å²) in [5.41, 5.74) is 0. The van der Waals surface area contributed by atoms with Gasteiger partial charge in [-0.15, -0.1) is 0 Å². The predicted molar refractivity (Wildman–Crippen MR) is 72.2 cm³/mol. The highest BCUT2D eigenvalue weighted by atomic mass is 16.5. The molecule has 0 aromatic heterocycles. The summed E-state index contributed by atoms with van der Waals surface area (Å²) in [6.07, 6.45) is 12.8. The summed E-state index contributed by atoms with van der Waals surface area (Å²) in [7, 11) is 0. The quantitative estimate of drug-likeness (QED) is 0.622. The van der Waals surface area contributed by atoms with E-state index >= 15 is 0 Å². The molecule has 2 fully saturated rings. The molecule has 0 amide bonds. The van der Waals surface area contributed by atoms with Crippen LogP contribution in [0, 0.1) is 5.92 Å². The highest BCUT2D eigenvalue weighted by Gasteiger charge is 2.30. The van der Waals surface area contributed by atoms with Crippen LogP contribution in [-0.2, 0) is 4.74 Å². The minimum atomic E-state index is 0.595. The molecule has 2 atom stereocenters. The molecular formula is C15H29NO. The lowest BCUT2D eigenvalue weighted by Crippen LogP contribution is -2.31. The molecule has 0 bridgehead atoms. The van der Waals surface area contributed by atoms with Gasteiger partial charge in [0.1, 0.15) is 0 Å². The molecule has 1 N–H and O–H groups in total. The molecule has 0 radical (unpaired) electrons. The summed E-state index contributed by atoms with van der Waals surface area (Å²) in [5, 5.41) is 3.73. The van der Waals surface area contributed by atoms with Crippen LogP contribution in [0.15, 0.2) is 0 Å². The molecule has 0 aromatic rings. The summed E-state index contributed by atoms with van der Waals surface area (Å²) in [6.45, 7) is 4.47. The van der Waals surface area contributed by atoms with E-state index in [9.17, 15) is 0 Å². The standard InChI is InChI=1S/C15H29NO/c1-2-11-16-15(13-9-10-13)8-4-3-6-14-7-5-12-17-14/h13-16H,2-12H2,1H3. The second-order valence-electron chi connectivity index (χ2n) is 5.82. The normalized spacial score (nSPS) is 26.3. The van der Waals surface area contributed by atoms with Crippen molar-refractivity contribution in [3.63, 3.8) is 0 Å². The molecule has 2 nitrogen and oxygen atoms in total. The first-order chi connectivity index (χ1) is 8.40. The molecule has 100 valence electrons. The van der Waals surface area contributed by atoms with E-state index in [4.69, 9.17) is 4.74 Å². The van der Waals surface area contributed by atoms with E-state index in [1.54, 1.807) is 0 Å². The van der Waals surface area contributed by atoms with Crippen LogP contribution in [0.25, 0.3) is 0 Å². The SMILES string of the molecule is CCCNC(CCCCC1CCCO1)C1CC1. The third kappa shape index (κ3) is 4.97. The fourth-order valence-corrected chi connectivity index (χ4v) is 2.94. The zero-order chi connectivity index (χ0) is 11.9. The van der Waals surface area contributed by atoms with Crippen LogP contribution in [0.3, 0.4) is 0 Å². The van der Waals surface area contributed by atoms with Crippen LogP contribution in [0.2, 0.25) is 0 Å².